The molecule has 0 aliphatic rings. The second-order valence-corrected chi connectivity index (χ2v) is 6.90. The van der Waals surface area contributed by atoms with Gasteiger partial charge in [-0.15, -0.1) is 0 Å². The highest BCUT2D eigenvalue weighted by molar-refractivity contribution is 5.25. The van der Waals surface area contributed by atoms with Crippen molar-refractivity contribution in [1.82, 2.24) is 5.32 Å². The van der Waals surface area contributed by atoms with Crippen LogP contribution in [0.2, 0.25) is 0 Å². The van der Waals surface area contributed by atoms with Gasteiger partial charge in [0.05, 0.1) is 0 Å². The first-order valence-corrected chi connectivity index (χ1v) is 7.67. The summed E-state index contributed by atoms with van der Waals surface area (Å²) in [6.45, 7) is 13.6. The number of nitrogens with one attached hydrogen (secondary N) is 1. The standard InChI is InChI=1S/C18H31N/c1-6-19-14-16(11-12-18(3,4)5)13-17-10-8-7-9-15(17)2/h7-10,16,19H,6,11-14H2,1-5H3. The summed E-state index contributed by atoms with van der Waals surface area (Å²) in [7, 11) is 0. The zero-order valence-electron chi connectivity index (χ0n) is 13.4. The lowest BCUT2D eigenvalue weighted by Crippen LogP contribution is -2.25. The van der Waals surface area contributed by atoms with Gasteiger partial charge in [0.2, 0.25) is 0 Å². The van der Waals surface area contributed by atoms with E-state index in [1.807, 2.05) is 0 Å². The molecule has 0 saturated heterocycles. The van der Waals surface area contributed by atoms with Crippen molar-refractivity contribution in [1.29, 1.82) is 0 Å². The summed E-state index contributed by atoms with van der Waals surface area (Å²) in [5.41, 5.74) is 3.38. The van der Waals surface area contributed by atoms with Crippen LogP contribution in [0.1, 0.15) is 51.7 Å². The molecule has 0 aliphatic heterocycles. The fraction of sp³-hybridized carbons (Fsp3) is 0.667. The van der Waals surface area contributed by atoms with Crippen molar-refractivity contribution in [2.45, 2.75) is 53.9 Å². The van der Waals surface area contributed by atoms with Crippen molar-refractivity contribution >= 4 is 0 Å². The number of benzene rings is 1. The van der Waals surface area contributed by atoms with Crippen LogP contribution in [-0.4, -0.2) is 13.1 Å². The fourth-order valence-corrected chi connectivity index (χ4v) is 2.41. The number of hydrogen-bond donors (Lipinski definition) is 1. The van der Waals surface area contributed by atoms with Gasteiger partial charge in [-0.25, -0.2) is 0 Å². The molecular weight excluding hydrogens is 230 g/mol. The van der Waals surface area contributed by atoms with E-state index in [0.29, 0.717) is 5.41 Å². The third-order valence-electron chi connectivity index (χ3n) is 3.76. The maximum absolute atomic E-state index is 3.52. The fourth-order valence-electron chi connectivity index (χ4n) is 2.41. The average Bonchev–Trinajstić information content (AvgIpc) is 2.34. The molecule has 0 amide bonds. The van der Waals surface area contributed by atoms with Crippen LogP contribution >= 0.6 is 0 Å². The molecule has 0 spiro atoms. The predicted molar refractivity (Wildman–Crippen MR) is 85.6 cm³/mol. The van der Waals surface area contributed by atoms with Crippen molar-refractivity contribution in [2.24, 2.45) is 11.3 Å². The second kappa shape index (κ2) is 7.69. The highest BCUT2D eigenvalue weighted by Crippen LogP contribution is 2.25. The molecule has 0 heterocycles. The quantitative estimate of drug-likeness (QED) is 0.757. The summed E-state index contributed by atoms with van der Waals surface area (Å²) in [6.07, 6.45) is 3.82. The molecule has 19 heavy (non-hydrogen) atoms. The molecular formula is C18H31N. The van der Waals surface area contributed by atoms with Gasteiger partial charge in [0.1, 0.15) is 0 Å². The van der Waals surface area contributed by atoms with Crippen molar-refractivity contribution in [3.63, 3.8) is 0 Å². The Morgan fingerprint density at radius 2 is 1.84 bits per heavy atom. The van der Waals surface area contributed by atoms with Crippen molar-refractivity contribution in [2.75, 3.05) is 13.1 Å². The molecule has 0 saturated carbocycles. The summed E-state index contributed by atoms with van der Waals surface area (Å²) in [5.74, 6) is 0.750. The minimum absolute atomic E-state index is 0.441. The van der Waals surface area contributed by atoms with Crippen LogP contribution in [0.15, 0.2) is 24.3 Å². The molecule has 1 unspecified atom stereocenters. The van der Waals surface area contributed by atoms with Gasteiger partial charge >= 0.3 is 0 Å². The summed E-state index contributed by atoms with van der Waals surface area (Å²) < 4.78 is 0. The molecule has 0 aliphatic carbocycles. The summed E-state index contributed by atoms with van der Waals surface area (Å²) in [5, 5.41) is 3.52. The largest absolute Gasteiger partial charge is 0.317 e. The molecule has 1 atom stereocenters. The maximum Gasteiger partial charge on any atom is -0.00174 e. The lowest BCUT2D eigenvalue weighted by atomic mass is 9.84. The van der Waals surface area contributed by atoms with Crippen molar-refractivity contribution < 1.29 is 0 Å². The predicted octanol–water partition coefficient (Wildman–Crippen LogP) is 4.59. The lowest BCUT2D eigenvalue weighted by molar-refractivity contribution is 0.314. The molecule has 1 rings (SSSR count). The molecule has 0 bridgehead atoms. The molecule has 1 aromatic rings. The zero-order valence-corrected chi connectivity index (χ0v) is 13.4. The molecule has 0 aromatic heterocycles. The molecule has 1 N–H and O–H groups in total. The number of hydrogen-bond acceptors (Lipinski definition) is 1. The van der Waals surface area contributed by atoms with E-state index in [1.165, 1.54) is 30.4 Å². The Bertz CT molecular complexity index is 362. The third-order valence-corrected chi connectivity index (χ3v) is 3.76. The first-order valence-electron chi connectivity index (χ1n) is 7.67. The summed E-state index contributed by atoms with van der Waals surface area (Å²) >= 11 is 0. The van der Waals surface area contributed by atoms with Crippen LogP contribution in [0.3, 0.4) is 0 Å². The Hall–Kier alpha value is -0.820. The van der Waals surface area contributed by atoms with Crippen LogP contribution in [0.4, 0.5) is 0 Å². The SMILES string of the molecule is CCNCC(CCC(C)(C)C)Cc1ccccc1C. The van der Waals surface area contributed by atoms with E-state index in [9.17, 15) is 0 Å². The van der Waals surface area contributed by atoms with E-state index in [-0.39, 0.29) is 0 Å². The molecule has 0 radical (unpaired) electrons. The molecule has 108 valence electrons. The first kappa shape index (κ1) is 16.2. The Labute approximate surface area is 119 Å². The normalized spacial score (nSPS) is 13.5. The Morgan fingerprint density at radius 3 is 2.42 bits per heavy atom. The van der Waals surface area contributed by atoms with Gasteiger partial charge in [-0.3, -0.25) is 0 Å². The Balaban J connectivity index is 2.61. The van der Waals surface area contributed by atoms with Crippen LogP contribution < -0.4 is 5.32 Å². The van der Waals surface area contributed by atoms with Crippen molar-refractivity contribution in [3.05, 3.63) is 35.4 Å². The van der Waals surface area contributed by atoms with Gasteiger partial charge in [0.25, 0.3) is 0 Å². The van der Waals surface area contributed by atoms with E-state index in [1.54, 1.807) is 0 Å². The number of aryl methyl sites for hydroxylation is 1. The topological polar surface area (TPSA) is 12.0 Å². The van der Waals surface area contributed by atoms with E-state index in [0.717, 1.165) is 19.0 Å². The molecule has 1 heteroatoms. The van der Waals surface area contributed by atoms with Gasteiger partial charge in [-0.2, -0.15) is 0 Å². The van der Waals surface area contributed by atoms with Crippen LogP contribution in [-0.2, 0) is 6.42 Å². The molecule has 0 fully saturated rings. The second-order valence-electron chi connectivity index (χ2n) is 6.90. The average molecular weight is 261 g/mol. The maximum atomic E-state index is 3.52. The van der Waals surface area contributed by atoms with E-state index in [2.05, 4.69) is 64.2 Å². The van der Waals surface area contributed by atoms with E-state index in [4.69, 9.17) is 0 Å². The van der Waals surface area contributed by atoms with Crippen molar-refractivity contribution in [3.8, 4) is 0 Å². The Kier molecular flexibility index (Phi) is 6.57. The van der Waals surface area contributed by atoms with Gasteiger partial charge < -0.3 is 5.32 Å². The highest BCUT2D eigenvalue weighted by atomic mass is 14.8. The minimum Gasteiger partial charge on any atom is -0.317 e. The minimum atomic E-state index is 0.441. The highest BCUT2D eigenvalue weighted by Gasteiger charge is 2.16. The lowest BCUT2D eigenvalue weighted by Gasteiger charge is -2.24. The molecule has 1 nitrogen and oxygen atoms in total. The van der Waals surface area contributed by atoms with Gasteiger partial charge in [-0.05, 0) is 61.7 Å². The van der Waals surface area contributed by atoms with Crippen LogP contribution in [0, 0.1) is 18.3 Å². The Morgan fingerprint density at radius 1 is 1.16 bits per heavy atom. The first-order chi connectivity index (χ1) is 8.92. The van der Waals surface area contributed by atoms with E-state index >= 15 is 0 Å². The monoisotopic (exact) mass is 261 g/mol. The smallest absolute Gasteiger partial charge is 0.00174 e. The third kappa shape index (κ3) is 6.77. The zero-order chi connectivity index (χ0) is 14.3. The van der Waals surface area contributed by atoms with Gasteiger partial charge in [-0.1, -0.05) is 52.0 Å². The van der Waals surface area contributed by atoms with Gasteiger partial charge in [0, 0.05) is 0 Å². The van der Waals surface area contributed by atoms with E-state index < -0.39 is 0 Å². The number of rotatable bonds is 7. The summed E-state index contributed by atoms with van der Waals surface area (Å²) in [6, 6.07) is 8.80. The summed E-state index contributed by atoms with van der Waals surface area (Å²) in [4.78, 5) is 0. The molecule has 1 aromatic carbocycles. The van der Waals surface area contributed by atoms with Crippen LogP contribution in [0.25, 0.3) is 0 Å². The van der Waals surface area contributed by atoms with Crippen LogP contribution in [0.5, 0.6) is 0 Å². The van der Waals surface area contributed by atoms with Gasteiger partial charge in [0.15, 0.2) is 0 Å².